The SMILES string of the molecule is CCCn1ccnc1CN1C[C@H]2CC[C@@H]1CN(C(=O)C1CCC1)C2. The maximum atomic E-state index is 12.7. The molecular weight excluding hydrogens is 300 g/mol. The lowest BCUT2D eigenvalue weighted by atomic mass is 9.84. The topological polar surface area (TPSA) is 41.4 Å². The van der Waals surface area contributed by atoms with E-state index in [-0.39, 0.29) is 0 Å². The summed E-state index contributed by atoms with van der Waals surface area (Å²) in [7, 11) is 0. The first-order chi connectivity index (χ1) is 11.7. The molecule has 0 spiro atoms. The summed E-state index contributed by atoms with van der Waals surface area (Å²) in [6.07, 6.45) is 11.1. The van der Waals surface area contributed by atoms with Gasteiger partial charge in [0.1, 0.15) is 5.82 Å². The van der Waals surface area contributed by atoms with Crippen LogP contribution in [0.5, 0.6) is 0 Å². The van der Waals surface area contributed by atoms with Crippen molar-refractivity contribution in [3.05, 3.63) is 18.2 Å². The van der Waals surface area contributed by atoms with Gasteiger partial charge in [0.05, 0.1) is 6.54 Å². The van der Waals surface area contributed by atoms with E-state index in [0.29, 0.717) is 23.8 Å². The van der Waals surface area contributed by atoms with E-state index < -0.39 is 0 Å². The van der Waals surface area contributed by atoms with Gasteiger partial charge in [-0.3, -0.25) is 9.69 Å². The number of nitrogens with zero attached hydrogens (tertiary/aromatic N) is 4. The van der Waals surface area contributed by atoms with E-state index in [1.807, 2.05) is 6.20 Å². The van der Waals surface area contributed by atoms with Gasteiger partial charge in [-0.15, -0.1) is 0 Å². The van der Waals surface area contributed by atoms with Gasteiger partial charge in [0.15, 0.2) is 0 Å². The Hall–Kier alpha value is -1.36. The fraction of sp³-hybridized carbons (Fsp3) is 0.789. The Morgan fingerprint density at radius 3 is 2.83 bits per heavy atom. The molecule has 2 bridgehead atoms. The van der Waals surface area contributed by atoms with E-state index in [1.165, 1.54) is 25.1 Å². The molecule has 24 heavy (non-hydrogen) atoms. The van der Waals surface area contributed by atoms with Crippen LogP contribution in [0.1, 0.15) is 51.3 Å². The number of fused-ring (bicyclic) bond motifs is 4. The average molecular weight is 330 g/mol. The standard InChI is InChI=1S/C19H30N4O/c1-2-9-21-10-8-20-18(21)14-22-11-15-6-7-17(22)13-23(12-15)19(24)16-4-3-5-16/h8,10,15-17H,2-7,9,11-14H2,1H3/t15-,17-/m1/s1. The molecule has 0 aromatic carbocycles. The van der Waals surface area contributed by atoms with Gasteiger partial charge in [-0.05, 0) is 38.0 Å². The van der Waals surface area contributed by atoms with Crippen molar-refractivity contribution >= 4 is 5.91 Å². The molecule has 5 nitrogen and oxygen atoms in total. The number of amides is 1. The predicted octanol–water partition coefficient (Wildman–Crippen LogP) is 2.52. The molecule has 5 heteroatoms. The Bertz CT molecular complexity index is 580. The van der Waals surface area contributed by atoms with Gasteiger partial charge in [0.2, 0.25) is 5.91 Å². The van der Waals surface area contributed by atoms with E-state index in [2.05, 4.69) is 32.5 Å². The highest BCUT2D eigenvalue weighted by Gasteiger charge is 2.39. The number of aryl methyl sites for hydroxylation is 1. The van der Waals surface area contributed by atoms with Gasteiger partial charge in [-0.2, -0.15) is 0 Å². The van der Waals surface area contributed by atoms with Crippen molar-refractivity contribution in [2.24, 2.45) is 11.8 Å². The quantitative estimate of drug-likeness (QED) is 0.833. The third-order valence-electron chi connectivity index (χ3n) is 6.20. The zero-order chi connectivity index (χ0) is 16.5. The molecule has 0 N–H and O–H groups in total. The molecular formula is C19H30N4O. The summed E-state index contributed by atoms with van der Waals surface area (Å²) >= 11 is 0. The zero-order valence-corrected chi connectivity index (χ0v) is 14.9. The van der Waals surface area contributed by atoms with Crippen LogP contribution in [-0.4, -0.2) is 50.9 Å². The number of carbonyl (C=O) groups is 1. The maximum Gasteiger partial charge on any atom is 0.225 e. The number of rotatable bonds is 5. The third-order valence-corrected chi connectivity index (χ3v) is 6.20. The van der Waals surface area contributed by atoms with Crippen molar-refractivity contribution in [3.63, 3.8) is 0 Å². The van der Waals surface area contributed by atoms with Gasteiger partial charge in [0, 0.05) is 50.5 Å². The summed E-state index contributed by atoms with van der Waals surface area (Å²) in [6, 6.07) is 0.513. The molecule has 3 saturated heterocycles. The molecule has 3 aliphatic heterocycles. The lowest BCUT2D eigenvalue weighted by Gasteiger charge is -2.36. The molecule has 1 saturated carbocycles. The number of hydrogen-bond donors (Lipinski definition) is 0. The minimum atomic E-state index is 0.333. The lowest BCUT2D eigenvalue weighted by Crippen LogP contribution is -2.45. The molecule has 4 aliphatic rings. The van der Waals surface area contributed by atoms with Crippen LogP contribution in [0.3, 0.4) is 0 Å². The number of imidazole rings is 1. The van der Waals surface area contributed by atoms with Crippen molar-refractivity contribution in [1.29, 1.82) is 0 Å². The van der Waals surface area contributed by atoms with Crippen LogP contribution in [0.4, 0.5) is 0 Å². The monoisotopic (exact) mass is 330 g/mol. The Morgan fingerprint density at radius 2 is 2.08 bits per heavy atom. The van der Waals surface area contributed by atoms with Gasteiger partial charge >= 0.3 is 0 Å². The normalized spacial score (nSPS) is 28.0. The van der Waals surface area contributed by atoms with Crippen LogP contribution < -0.4 is 0 Å². The maximum absolute atomic E-state index is 12.7. The molecule has 0 radical (unpaired) electrons. The number of piperidine rings is 1. The number of aromatic nitrogens is 2. The largest absolute Gasteiger partial charge is 0.341 e. The van der Waals surface area contributed by atoms with Crippen molar-refractivity contribution < 1.29 is 4.79 Å². The fourth-order valence-corrected chi connectivity index (χ4v) is 4.58. The Labute approximate surface area is 145 Å². The fourth-order valence-electron chi connectivity index (χ4n) is 4.58. The minimum Gasteiger partial charge on any atom is -0.341 e. The number of hydrogen-bond acceptors (Lipinski definition) is 3. The van der Waals surface area contributed by atoms with E-state index in [0.717, 1.165) is 52.0 Å². The van der Waals surface area contributed by atoms with Gasteiger partial charge < -0.3 is 9.47 Å². The molecule has 1 aromatic heterocycles. The summed E-state index contributed by atoms with van der Waals surface area (Å²) in [6.45, 7) is 7.22. The number of carbonyl (C=O) groups excluding carboxylic acids is 1. The highest BCUT2D eigenvalue weighted by molar-refractivity contribution is 5.79. The molecule has 2 atom stereocenters. The smallest absolute Gasteiger partial charge is 0.225 e. The van der Waals surface area contributed by atoms with Crippen molar-refractivity contribution in [1.82, 2.24) is 19.4 Å². The highest BCUT2D eigenvalue weighted by Crippen LogP contribution is 2.33. The first-order valence-electron chi connectivity index (χ1n) is 9.77. The van der Waals surface area contributed by atoms with E-state index in [9.17, 15) is 4.79 Å². The summed E-state index contributed by atoms with van der Waals surface area (Å²) in [5.74, 6) is 2.59. The minimum absolute atomic E-state index is 0.333. The van der Waals surface area contributed by atoms with E-state index in [1.54, 1.807) is 0 Å². The van der Waals surface area contributed by atoms with Crippen LogP contribution >= 0.6 is 0 Å². The Kier molecular flexibility index (Phi) is 4.61. The first-order valence-corrected chi connectivity index (χ1v) is 9.77. The summed E-state index contributed by atoms with van der Waals surface area (Å²) in [5, 5.41) is 0. The van der Waals surface area contributed by atoms with Crippen molar-refractivity contribution in [2.75, 3.05) is 19.6 Å². The molecule has 5 rings (SSSR count). The van der Waals surface area contributed by atoms with Crippen molar-refractivity contribution in [3.8, 4) is 0 Å². The second-order valence-corrected chi connectivity index (χ2v) is 7.93. The second-order valence-electron chi connectivity index (χ2n) is 7.93. The highest BCUT2D eigenvalue weighted by atomic mass is 16.2. The predicted molar refractivity (Wildman–Crippen MR) is 93.4 cm³/mol. The molecule has 0 unspecified atom stereocenters. The zero-order valence-electron chi connectivity index (χ0n) is 14.9. The van der Waals surface area contributed by atoms with Crippen LogP contribution in [-0.2, 0) is 17.9 Å². The first kappa shape index (κ1) is 16.1. The summed E-state index contributed by atoms with van der Waals surface area (Å²) < 4.78 is 2.29. The second kappa shape index (κ2) is 6.87. The van der Waals surface area contributed by atoms with Crippen LogP contribution in [0.2, 0.25) is 0 Å². The third kappa shape index (κ3) is 3.10. The molecule has 1 aromatic rings. The summed E-state index contributed by atoms with van der Waals surface area (Å²) in [4.78, 5) is 22.1. The molecule has 4 fully saturated rings. The van der Waals surface area contributed by atoms with Gasteiger partial charge in [0.25, 0.3) is 0 Å². The van der Waals surface area contributed by atoms with E-state index >= 15 is 0 Å². The van der Waals surface area contributed by atoms with Crippen LogP contribution in [0.15, 0.2) is 12.4 Å². The molecule has 1 aliphatic carbocycles. The summed E-state index contributed by atoms with van der Waals surface area (Å²) in [5.41, 5.74) is 0. The van der Waals surface area contributed by atoms with E-state index in [4.69, 9.17) is 0 Å². The van der Waals surface area contributed by atoms with Crippen molar-refractivity contribution in [2.45, 2.75) is 64.6 Å². The lowest BCUT2D eigenvalue weighted by molar-refractivity contribution is -0.138. The molecule has 132 valence electrons. The average Bonchev–Trinajstić information content (AvgIpc) is 2.76. The molecule has 1 amide bonds. The van der Waals surface area contributed by atoms with Gasteiger partial charge in [-0.1, -0.05) is 13.3 Å². The molecule has 4 heterocycles. The Balaban J connectivity index is 1.44. The van der Waals surface area contributed by atoms with Gasteiger partial charge in [-0.25, -0.2) is 4.98 Å². The van der Waals surface area contributed by atoms with Crippen LogP contribution in [0, 0.1) is 11.8 Å². The Morgan fingerprint density at radius 1 is 1.21 bits per heavy atom. The van der Waals surface area contributed by atoms with Crippen LogP contribution in [0.25, 0.3) is 0 Å².